The largest absolute Gasteiger partial charge is 0.393 e. The highest BCUT2D eigenvalue weighted by Crippen LogP contribution is 2.32. The molecule has 5 N–H and O–H groups in total. The van der Waals surface area contributed by atoms with Crippen molar-refractivity contribution in [1.82, 2.24) is 60.5 Å². The summed E-state index contributed by atoms with van der Waals surface area (Å²) in [6.45, 7) is 26.2. The zero-order chi connectivity index (χ0) is 77.7. The van der Waals surface area contributed by atoms with E-state index in [9.17, 15) is 33.9 Å². The molecule has 2 aliphatic heterocycles. The molecule has 0 bridgehead atoms. The predicted octanol–water partition coefficient (Wildman–Crippen LogP) is 6.13. The third-order valence-corrected chi connectivity index (χ3v) is 21.9. The number of carbonyl (C=O) groups excluding carboxylic acids is 12. The molecular weight excluding hydrogens is 1320 g/mol. The van der Waals surface area contributed by atoms with Crippen molar-refractivity contribution in [2.75, 3.05) is 75.6 Å². The first-order valence-electron chi connectivity index (χ1n) is 38.8. The maximum atomic E-state index is 15.6. The number of aliphatic hydroxyl groups excluding tert-OH is 1. The summed E-state index contributed by atoms with van der Waals surface area (Å²) in [6.07, 6.45) is 9.17. The van der Waals surface area contributed by atoms with Gasteiger partial charge in [0.2, 0.25) is 70.9 Å². The van der Waals surface area contributed by atoms with Crippen LogP contribution in [0.15, 0.2) is 0 Å². The van der Waals surface area contributed by atoms with Crippen LogP contribution in [0.2, 0.25) is 0 Å². The van der Waals surface area contributed by atoms with E-state index in [1.807, 2.05) is 55.4 Å². The number of rotatable bonds is 16. The Labute approximate surface area is 617 Å². The van der Waals surface area contributed by atoms with Crippen molar-refractivity contribution in [3.05, 3.63) is 0 Å². The van der Waals surface area contributed by atoms with E-state index in [0.717, 1.165) is 51.4 Å². The molecule has 2 aliphatic carbocycles. The quantitative estimate of drug-likeness (QED) is 0.116. The number of nitrogens with one attached hydrogen (secondary N) is 4. The van der Waals surface area contributed by atoms with Crippen molar-refractivity contribution in [3.63, 3.8) is 0 Å². The van der Waals surface area contributed by atoms with Gasteiger partial charge in [-0.05, 0) is 153 Å². The van der Waals surface area contributed by atoms with E-state index in [0.29, 0.717) is 45.2 Å². The number of amides is 12. The topological polar surface area (TPSA) is 308 Å². The summed E-state index contributed by atoms with van der Waals surface area (Å²) in [5, 5.41) is 22.5. The van der Waals surface area contributed by atoms with Crippen LogP contribution in [0.1, 0.15) is 232 Å². The Morgan fingerprint density at radius 3 is 1.50 bits per heavy atom. The van der Waals surface area contributed by atoms with Crippen molar-refractivity contribution in [1.29, 1.82) is 0 Å². The van der Waals surface area contributed by atoms with Crippen LogP contribution in [0.25, 0.3) is 0 Å². The van der Waals surface area contributed by atoms with Crippen LogP contribution in [0.5, 0.6) is 0 Å². The number of carbonyl (C=O) groups is 12. The number of ether oxygens (including phenoxy) is 1. The fourth-order valence-electron chi connectivity index (χ4n) is 14.9. The molecule has 0 radical (unpaired) electrons. The lowest BCUT2D eigenvalue weighted by molar-refractivity contribution is -0.152. The Morgan fingerprint density at radius 2 is 0.971 bits per heavy atom. The minimum Gasteiger partial charge on any atom is -0.393 e. The molecule has 0 spiro atoms. The number of nitrogens with zero attached hydrogens (tertiary/aromatic N) is 8. The number of likely N-dealkylation sites (tertiary alicyclic amines) is 1. The van der Waals surface area contributed by atoms with Gasteiger partial charge in [-0.2, -0.15) is 0 Å². The Morgan fingerprint density at radius 1 is 0.495 bits per heavy atom. The first-order valence-corrected chi connectivity index (χ1v) is 38.8. The summed E-state index contributed by atoms with van der Waals surface area (Å²) < 4.78 is 6.30. The van der Waals surface area contributed by atoms with Gasteiger partial charge >= 0.3 is 0 Å². The summed E-state index contributed by atoms with van der Waals surface area (Å²) in [4.78, 5) is 191. The summed E-state index contributed by atoms with van der Waals surface area (Å²) in [5.41, 5.74) is -0.827. The van der Waals surface area contributed by atoms with Gasteiger partial charge in [0.05, 0.1) is 24.7 Å². The monoisotopic (exact) mass is 1450 g/mol. The molecule has 2 saturated heterocycles. The maximum absolute atomic E-state index is 15.6. The van der Waals surface area contributed by atoms with E-state index in [2.05, 4.69) is 21.3 Å². The summed E-state index contributed by atoms with van der Waals surface area (Å²) in [5.74, 6) is -8.50. The van der Waals surface area contributed by atoms with Crippen LogP contribution in [0, 0.1) is 41.4 Å². The van der Waals surface area contributed by atoms with Crippen molar-refractivity contribution in [2.45, 2.75) is 304 Å². The van der Waals surface area contributed by atoms with Crippen LogP contribution in [-0.4, -0.2) is 263 Å². The predicted molar refractivity (Wildman–Crippen MR) is 397 cm³/mol. The highest BCUT2D eigenvalue weighted by Gasteiger charge is 2.45. The Bertz CT molecular complexity index is 2830. The van der Waals surface area contributed by atoms with Gasteiger partial charge in [-0.1, -0.05) is 108 Å². The van der Waals surface area contributed by atoms with Crippen molar-refractivity contribution >= 4 is 70.9 Å². The average molecular weight is 1450 g/mol. The lowest BCUT2D eigenvalue weighted by atomic mass is 9.83. The standard InChI is InChI=1S/C77H136N12O14/c1-22-51(10)65-76(102)87(20)62(42-49(6)7)75(101)86(19)61(44-53-30-25-23-26-31-53)69(95)80-58(46-103-77(12,13)14)73(99)85(18)60(41-48(4)5)68(94)78-56(43-54-33-35-55(90)36-34-54)72(98)83(16)52(11)71(97)84(17)59(40-47(2)3)67(93)79-57(74(100)89-38-27-24-28-39-89)45-64(92)82(15)37-29-32-63(91)88(21)66(50(8)9)70(96)81-65/h47-62,65-66,90H,22-46H2,1-21H3,(H,78,94)(H,79,93)(H,80,95)(H,81,96)/t51-,52-,54?,55?,56-,57-,58-,59-,60-,61-,62-,65-,66-/m0/s1. The Hall–Kier alpha value is -6.44. The summed E-state index contributed by atoms with van der Waals surface area (Å²) in [6, 6.07) is -12.2. The van der Waals surface area contributed by atoms with Crippen LogP contribution >= 0.6 is 0 Å². The maximum Gasteiger partial charge on any atom is 0.247 e. The molecule has 0 unspecified atom stereocenters. The van der Waals surface area contributed by atoms with Crippen molar-refractivity contribution < 1.29 is 67.4 Å². The molecule has 4 aliphatic rings. The number of hydrogen-bond donors (Lipinski definition) is 5. The van der Waals surface area contributed by atoms with Gasteiger partial charge in [-0.3, -0.25) is 57.5 Å². The second kappa shape index (κ2) is 41.5. The number of hydrogen-bond acceptors (Lipinski definition) is 14. The van der Waals surface area contributed by atoms with Crippen LogP contribution < -0.4 is 21.3 Å². The van der Waals surface area contributed by atoms with Crippen molar-refractivity contribution in [2.24, 2.45) is 41.4 Å². The number of aliphatic hydroxyl groups is 1. The molecule has 0 aromatic heterocycles. The third kappa shape index (κ3) is 26.5. The smallest absolute Gasteiger partial charge is 0.247 e. The molecule has 26 heteroatoms. The second-order valence-corrected chi connectivity index (χ2v) is 33.2. The SMILES string of the molecule is CC[C@H](C)[C@@H]1NC(=O)[C@H](C(C)C)N(C)C(=O)CCCN(C)C(=O)C[C@@H](C(=O)N2CCCCC2)NC(=O)[C@H](CC(C)C)N(C)C(=O)[C@H](C)N(C)C(=O)[C@H](CC2CCC(O)CC2)NC(=O)[C@H](CC(C)C)N(C)C(=O)[C@H](COC(C)(C)C)NC(=O)[C@H](CC2CCCCC2)N(C)C(=O)[C@H](CC(C)C)N(C)C1=O. The van der Waals surface area contributed by atoms with Gasteiger partial charge in [0.15, 0.2) is 0 Å². The van der Waals surface area contributed by atoms with Crippen LogP contribution in [0.3, 0.4) is 0 Å². The molecule has 12 amide bonds. The average Bonchev–Trinajstić information content (AvgIpc) is 0.815. The Kier molecular flexibility index (Phi) is 35.8. The molecule has 0 aromatic rings. The van der Waals surface area contributed by atoms with Crippen LogP contribution in [0.4, 0.5) is 0 Å². The second-order valence-electron chi connectivity index (χ2n) is 33.2. The van der Waals surface area contributed by atoms with E-state index < -0.39 is 161 Å². The lowest BCUT2D eigenvalue weighted by Crippen LogP contribution is -2.62. The van der Waals surface area contributed by atoms with E-state index in [1.165, 1.54) is 83.5 Å². The molecule has 26 nitrogen and oxygen atoms in total. The van der Waals surface area contributed by atoms with Gasteiger partial charge in [0.1, 0.15) is 60.4 Å². The molecule has 4 rings (SSSR count). The first-order chi connectivity index (χ1) is 48.1. The van der Waals surface area contributed by atoms with Gasteiger partial charge in [-0.25, -0.2) is 0 Å². The third-order valence-electron chi connectivity index (χ3n) is 21.9. The normalized spacial score (nSPS) is 28.6. The van der Waals surface area contributed by atoms with Gasteiger partial charge < -0.3 is 70.3 Å². The number of piperidine rings is 1. The molecule has 588 valence electrons. The minimum atomic E-state index is -1.42. The molecular formula is C77H136N12O14. The molecule has 0 aromatic carbocycles. The van der Waals surface area contributed by atoms with Crippen LogP contribution in [-0.2, 0) is 62.3 Å². The van der Waals surface area contributed by atoms with Gasteiger partial charge in [0.25, 0.3) is 0 Å². The van der Waals surface area contributed by atoms with Gasteiger partial charge in [-0.15, -0.1) is 0 Å². The molecule has 2 heterocycles. The molecule has 103 heavy (non-hydrogen) atoms. The zero-order valence-corrected chi connectivity index (χ0v) is 66.9. The zero-order valence-electron chi connectivity index (χ0n) is 66.9. The fraction of sp³-hybridized carbons (Fsp3) is 0.844. The van der Waals surface area contributed by atoms with E-state index in [1.54, 1.807) is 46.6 Å². The fourth-order valence-corrected chi connectivity index (χ4v) is 14.9. The highest BCUT2D eigenvalue weighted by atomic mass is 16.5. The lowest BCUT2D eigenvalue weighted by Gasteiger charge is -2.39. The number of likely N-dealkylation sites (N-methyl/N-ethyl adjacent to an activating group) is 6. The first kappa shape index (κ1) is 89.0. The van der Waals surface area contributed by atoms with E-state index >= 15 is 28.8 Å². The minimum absolute atomic E-state index is 0.0211. The molecule has 11 atom stereocenters. The summed E-state index contributed by atoms with van der Waals surface area (Å²) in [7, 11) is 10.5. The summed E-state index contributed by atoms with van der Waals surface area (Å²) >= 11 is 0. The molecule has 4 fully saturated rings. The van der Waals surface area contributed by atoms with Crippen molar-refractivity contribution in [3.8, 4) is 0 Å². The van der Waals surface area contributed by atoms with Gasteiger partial charge in [0, 0.05) is 75.4 Å². The van der Waals surface area contributed by atoms with E-state index in [-0.39, 0.29) is 87.7 Å². The van der Waals surface area contributed by atoms with E-state index in [4.69, 9.17) is 4.74 Å². The molecule has 2 saturated carbocycles. The Balaban J connectivity index is 1.94. The highest BCUT2D eigenvalue weighted by molar-refractivity contribution is 5.99.